The highest BCUT2D eigenvalue weighted by Crippen LogP contribution is 2.16. The maximum atomic E-state index is 12.0. The summed E-state index contributed by atoms with van der Waals surface area (Å²) in [6.45, 7) is 1.86. The summed E-state index contributed by atoms with van der Waals surface area (Å²) in [6.07, 6.45) is 1.52. The van der Waals surface area contributed by atoms with E-state index in [1.54, 1.807) is 12.1 Å². The molecule has 0 aliphatic heterocycles. The number of nitrogen functional groups attached to an aromatic ring is 1. The monoisotopic (exact) mass is 241 g/mol. The standard InChI is InChI=1S/C14H15N3O/c1-10(11-5-3-2-4-6-11)14(18)17-13-8-7-12(15)9-16-13/h2-10H,15H2,1H3,(H,16,17,18). The molecule has 1 amide bonds. The molecule has 1 unspecified atom stereocenters. The fourth-order valence-corrected chi connectivity index (χ4v) is 1.61. The van der Waals surface area contributed by atoms with E-state index < -0.39 is 0 Å². The molecule has 0 radical (unpaired) electrons. The lowest BCUT2D eigenvalue weighted by molar-refractivity contribution is -0.117. The maximum Gasteiger partial charge on any atom is 0.232 e. The molecule has 1 atom stereocenters. The first-order chi connectivity index (χ1) is 8.66. The molecule has 0 saturated carbocycles. The Morgan fingerprint density at radius 1 is 1.22 bits per heavy atom. The van der Waals surface area contributed by atoms with Gasteiger partial charge >= 0.3 is 0 Å². The summed E-state index contributed by atoms with van der Waals surface area (Å²) in [5.41, 5.74) is 7.08. The van der Waals surface area contributed by atoms with E-state index in [0.717, 1.165) is 5.56 Å². The van der Waals surface area contributed by atoms with Crippen molar-refractivity contribution in [2.75, 3.05) is 11.1 Å². The first-order valence-corrected chi connectivity index (χ1v) is 5.74. The summed E-state index contributed by atoms with van der Waals surface area (Å²) < 4.78 is 0. The van der Waals surface area contributed by atoms with Gasteiger partial charge < -0.3 is 11.1 Å². The van der Waals surface area contributed by atoms with Crippen LogP contribution in [0, 0.1) is 0 Å². The second-order valence-electron chi connectivity index (χ2n) is 4.10. The van der Waals surface area contributed by atoms with Crippen LogP contribution in [-0.2, 0) is 4.79 Å². The van der Waals surface area contributed by atoms with E-state index in [4.69, 9.17) is 5.73 Å². The van der Waals surface area contributed by atoms with Crippen molar-refractivity contribution in [3.05, 3.63) is 54.2 Å². The van der Waals surface area contributed by atoms with Crippen LogP contribution in [0.1, 0.15) is 18.4 Å². The van der Waals surface area contributed by atoms with Crippen LogP contribution in [0.5, 0.6) is 0 Å². The van der Waals surface area contributed by atoms with E-state index in [0.29, 0.717) is 11.5 Å². The third-order valence-electron chi connectivity index (χ3n) is 2.73. The topological polar surface area (TPSA) is 68.0 Å². The van der Waals surface area contributed by atoms with Gasteiger partial charge in [0.15, 0.2) is 0 Å². The Bertz CT molecular complexity index is 522. The van der Waals surface area contributed by atoms with Crippen LogP contribution in [0.25, 0.3) is 0 Å². The zero-order chi connectivity index (χ0) is 13.0. The Kier molecular flexibility index (Phi) is 3.57. The summed E-state index contributed by atoms with van der Waals surface area (Å²) in [4.78, 5) is 16.1. The molecular weight excluding hydrogens is 226 g/mol. The number of carbonyl (C=O) groups is 1. The highest BCUT2D eigenvalue weighted by atomic mass is 16.1. The van der Waals surface area contributed by atoms with Crippen LogP contribution in [0.2, 0.25) is 0 Å². The fraction of sp³-hybridized carbons (Fsp3) is 0.143. The Morgan fingerprint density at radius 3 is 2.56 bits per heavy atom. The molecular formula is C14H15N3O. The zero-order valence-electron chi connectivity index (χ0n) is 10.1. The number of nitrogens with one attached hydrogen (secondary N) is 1. The smallest absolute Gasteiger partial charge is 0.232 e. The minimum Gasteiger partial charge on any atom is -0.397 e. The molecule has 1 aromatic carbocycles. The highest BCUT2D eigenvalue weighted by Gasteiger charge is 2.15. The number of amides is 1. The molecule has 18 heavy (non-hydrogen) atoms. The number of hydrogen-bond acceptors (Lipinski definition) is 3. The molecule has 0 fully saturated rings. The van der Waals surface area contributed by atoms with Crippen molar-refractivity contribution >= 4 is 17.4 Å². The summed E-state index contributed by atoms with van der Waals surface area (Å²) in [5, 5.41) is 2.76. The average Bonchev–Trinajstić information content (AvgIpc) is 2.41. The molecule has 0 aliphatic rings. The van der Waals surface area contributed by atoms with Gasteiger partial charge in [-0.05, 0) is 24.6 Å². The van der Waals surface area contributed by atoms with E-state index in [1.165, 1.54) is 6.20 Å². The van der Waals surface area contributed by atoms with Crippen LogP contribution in [-0.4, -0.2) is 10.9 Å². The van der Waals surface area contributed by atoms with Gasteiger partial charge in [0.05, 0.1) is 17.8 Å². The second-order valence-corrected chi connectivity index (χ2v) is 4.10. The molecule has 2 aromatic rings. The molecule has 2 rings (SSSR count). The molecule has 1 heterocycles. The van der Waals surface area contributed by atoms with Crippen LogP contribution < -0.4 is 11.1 Å². The Balaban J connectivity index is 2.06. The van der Waals surface area contributed by atoms with E-state index in [9.17, 15) is 4.79 Å². The lowest BCUT2D eigenvalue weighted by Gasteiger charge is -2.11. The Morgan fingerprint density at radius 2 is 1.94 bits per heavy atom. The van der Waals surface area contributed by atoms with Gasteiger partial charge in [0.25, 0.3) is 0 Å². The molecule has 0 bridgehead atoms. The lowest BCUT2D eigenvalue weighted by atomic mass is 10.0. The van der Waals surface area contributed by atoms with Crippen molar-refractivity contribution in [2.45, 2.75) is 12.8 Å². The summed E-state index contributed by atoms with van der Waals surface area (Å²) in [7, 11) is 0. The van der Waals surface area contributed by atoms with Gasteiger partial charge in [-0.15, -0.1) is 0 Å². The van der Waals surface area contributed by atoms with E-state index in [1.807, 2.05) is 37.3 Å². The third kappa shape index (κ3) is 2.85. The van der Waals surface area contributed by atoms with Gasteiger partial charge in [-0.3, -0.25) is 4.79 Å². The predicted octanol–water partition coefficient (Wildman–Crippen LogP) is 2.41. The zero-order valence-corrected chi connectivity index (χ0v) is 10.1. The van der Waals surface area contributed by atoms with Gasteiger partial charge in [0.1, 0.15) is 5.82 Å². The quantitative estimate of drug-likeness (QED) is 0.867. The second kappa shape index (κ2) is 5.31. The molecule has 3 N–H and O–H groups in total. The average molecular weight is 241 g/mol. The van der Waals surface area contributed by atoms with Crippen LogP contribution in [0.3, 0.4) is 0 Å². The Hall–Kier alpha value is -2.36. The molecule has 4 heteroatoms. The van der Waals surface area contributed by atoms with E-state index in [2.05, 4.69) is 10.3 Å². The molecule has 0 aliphatic carbocycles. The lowest BCUT2D eigenvalue weighted by Crippen LogP contribution is -2.19. The minimum absolute atomic E-state index is 0.0847. The number of benzene rings is 1. The number of carbonyl (C=O) groups excluding carboxylic acids is 1. The van der Waals surface area contributed by atoms with Crippen molar-refractivity contribution in [3.8, 4) is 0 Å². The van der Waals surface area contributed by atoms with Gasteiger partial charge in [-0.25, -0.2) is 4.98 Å². The number of nitrogens with two attached hydrogens (primary N) is 1. The number of nitrogens with zero attached hydrogens (tertiary/aromatic N) is 1. The largest absolute Gasteiger partial charge is 0.397 e. The molecule has 0 saturated heterocycles. The normalized spacial score (nSPS) is 11.8. The van der Waals surface area contributed by atoms with Crippen molar-refractivity contribution < 1.29 is 4.79 Å². The summed E-state index contributed by atoms with van der Waals surface area (Å²) >= 11 is 0. The van der Waals surface area contributed by atoms with Gasteiger partial charge in [-0.2, -0.15) is 0 Å². The third-order valence-corrected chi connectivity index (χ3v) is 2.73. The van der Waals surface area contributed by atoms with Gasteiger partial charge in [-0.1, -0.05) is 30.3 Å². The predicted molar refractivity (Wildman–Crippen MR) is 72.1 cm³/mol. The van der Waals surface area contributed by atoms with E-state index in [-0.39, 0.29) is 11.8 Å². The first kappa shape index (κ1) is 12.1. The number of anilines is 2. The first-order valence-electron chi connectivity index (χ1n) is 5.74. The van der Waals surface area contributed by atoms with E-state index >= 15 is 0 Å². The number of aromatic nitrogens is 1. The molecule has 92 valence electrons. The highest BCUT2D eigenvalue weighted by molar-refractivity contribution is 5.94. The maximum absolute atomic E-state index is 12.0. The molecule has 1 aromatic heterocycles. The van der Waals surface area contributed by atoms with Crippen LogP contribution in [0.4, 0.5) is 11.5 Å². The Labute approximate surface area is 106 Å². The molecule has 4 nitrogen and oxygen atoms in total. The van der Waals surface area contributed by atoms with Crippen molar-refractivity contribution in [3.63, 3.8) is 0 Å². The van der Waals surface area contributed by atoms with Crippen molar-refractivity contribution in [1.29, 1.82) is 0 Å². The number of rotatable bonds is 3. The van der Waals surface area contributed by atoms with Crippen molar-refractivity contribution in [1.82, 2.24) is 4.98 Å². The number of hydrogen-bond donors (Lipinski definition) is 2. The van der Waals surface area contributed by atoms with Crippen molar-refractivity contribution in [2.24, 2.45) is 0 Å². The number of pyridine rings is 1. The van der Waals surface area contributed by atoms with Crippen LogP contribution >= 0.6 is 0 Å². The van der Waals surface area contributed by atoms with Gasteiger partial charge in [0, 0.05) is 0 Å². The summed E-state index contributed by atoms with van der Waals surface area (Å²) in [5.74, 6) is 0.209. The van der Waals surface area contributed by atoms with Crippen LogP contribution in [0.15, 0.2) is 48.7 Å². The minimum atomic E-state index is -0.217. The SMILES string of the molecule is CC(C(=O)Nc1ccc(N)cn1)c1ccccc1. The summed E-state index contributed by atoms with van der Waals surface area (Å²) in [6, 6.07) is 13.0. The van der Waals surface area contributed by atoms with Gasteiger partial charge in [0.2, 0.25) is 5.91 Å². The fourth-order valence-electron chi connectivity index (χ4n) is 1.61. The molecule has 0 spiro atoms.